The van der Waals surface area contributed by atoms with E-state index < -0.39 is 5.97 Å². The highest BCUT2D eigenvalue weighted by Crippen LogP contribution is 2.19. The molecule has 148 valence electrons. The molecule has 0 aromatic heterocycles. The lowest BCUT2D eigenvalue weighted by atomic mass is 10.0. The number of amides is 1. The summed E-state index contributed by atoms with van der Waals surface area (Å²) >= 11 is 0. The molecule has 0 unspecified atom stereocenters. The third-order valence-electron chi connectivity index (χ3n) is 4.32. The summed E-state index contributed by atoms with van der Waals surface area (Å²) in [6.45, 7) is 9.48. The number of hydrogen-bond acceptors (Lipinski definition) is 3. The van der Waals surface area contributed by atoms with Gasteiger partial charge in [-0.25, -0.2) is 0 Å². The van der Waals surface area contributed by atoms with E-state index in [0.717, 1.165) is 23.6 Å². The SMILES string of the molecule is CC.CC.O=C(O)CN1CCC(NC(=O)c2cccc3ccccc23)CC1. The zero-order valence-electron chi connectivity index (χ0n) is 16.9. The predicted molar refractivity (Wildman–Crippen MR) is 111 cm³/mol. The summed E-state index contributed by atoms with van der Waals surface area (Å²) in [5, 5.41) is 13.9. The Morgan fingerprint density at radius 1 is 1.00 bits per heavy atom. The Morgan fingerprint density at radius 3 is 2.22 bits per heavy atom. The smallest absolute Gasteiger partial charge is 0.317 e. The largest absolute Gasteiger partial charge is 0.480 e. The van der Waals surface area contributed by atoms with Gasteiger partial charge in [0.05, 0.1) is 6.54 Å². The minimum absolute atomic E-state index is 0.0570. The number of likely N-dealkylation sites (tertiary alicyclic amines) is 1. The molecule has 1 saturated heterocycles. The maximum atomic E-state index is 12.6. The van der Waals surface area contributed by atoms with Crippen LogP contribution in [0.5, 0.6) is 0 Å². The Morgan fingerprint density at radius 2 is 1.59 bits per heavy atom. The quantitative estimate of drug-likeness (QED) is 0.845. The molecule has 0 bridgehead atoms. The van der Waals surface area contributed by atoms with Crippen molar-refractivity contribution >= 4 is 22.6 Å². The van der Waals surface area contributed by atoms with E-state index in [4.69, 9.17) is 5.11 Å². The van der Waals surface area contributed by atoms with E-state index in [2.05, 4.69) is 5.32 Å². The van der Waals surface area contributed by atoms with E-state index in [1.54, 1.807) is 0 Å². The molecule has 3 rings (SSSR count). The Bertz CT molecular complexity index is 717. The van der Waals surface area contributed by atoms with Crippen LogP contribution in [0.2, 0.25) is 0 Å². The number of nitrogens with zero attached hydrogens (tertiary/aromatic N) is 1. The summed E-state index contributed by atoms with van der Waals surface area (Å²) < 4.78 is 0. The van der Waals surface area contributed by atoms with E-state index >= 15 is 0 Å². The molecule has 5 nitrogen and oxygen atoms in total. The van der Waals surface area contributed by atoms with Crippen molar-refractivity contribution in [1.82, 2.24) is 10.2 Å². The van der Waals surface area contributed by atoms with Gasteiger partial charge in [-0.3, -0.25) is 14.5 Å². The number of carbonyl (C=O) groups is 2. The molecule has 0 aliphatic carbocycles. The van der Waals surface area contributed by atoms with Crippen molar-refractivity contribution in [3.05, 3.63) is 48.0 Å². The van der Waals surface area contributed by atoms with Crippen LogP contribution in [0.15, 0.2) is 42.5 Å². The maximum absolute atomic E-state index is 12.6. The number of carboxylic acids is 1. The van der Waals surface area contributed by atoms with Crippen LogP contribution >= 0.6 is 0 Å². The number of benzene rings is 2. The lowest BCUT2D eigenvalue weighted by molar-refractivity contribution is -0.138. The molecule has 2 aromatic rings. The van der Waals surface area contributed by atoms with E-state index in [9.17, 15) is 9.59 Å². The van der Waals surface area contributed by atoms with E-state index in [1.807, 2.05) is 75.1 Å². The molecule has 0 radical (unpaired) electrons. The summed E-state index contributed by atoms with van der Waals surface area (Å²) in [5.41, 5.74) is 0.691. The average molecular weight is 373 g/mol. The Kier molecular flexibility index (Phi) is 10.1. The van der Waals surface area contributed by atoms with Crippen LogP contribution < -0.4 is 5.32 Å². The fraction of sp³-hybridized carbons (Fsp3) is 0.455. The fourth-order valence-electron chi connectivity index (χ4n) is 3.11. The molecule has 2 N–H and O–H groups in total. The normalized spacial score (nSPS) is 14.4. The minimum Gasteiger partial charge on any atom is -0.480 e. The van der Waals surface area contributed by atoms with Crippen molar-refractivity contribution in [3.63, 3.8) is 0 Å². The molecule has 1 aliphatic heterocycles. The summed E-state index contributed by atoms with van der Waals surface area (Å²) in [4.78, 5) is 25.2. The van der Waals surface area contributed by atoms with Crippen molar-refractivity contribution in [2.75, 3.05) is 19.6 Å². The van der Waals surface area contributed by atoms with Gasteiger partial charge in [0.2, 0.25) is 0 Å². The second-order valence-electron chi connectivity index (χ2n) is 5.94. The first-order chi connectivity index (χ1) is 13.1. The number of fused-ring (bicyclic) bond motifs is 1. The minimum atomic E-state index is -0.803. The first-order valence-electron chi connectivity index (χ1n) is 9.86. The molecule has 1 amide bonds. The Balaban J connectivity index is 0.000000855. The number of carbonyl (C=O) groups excluding carboxylic acids is 1. The summed E-state index contributed by atoms with van der Waals surface area (Å²) in [5.74, 6) is -0.860. The van der Waals surface area contributed by atoms with Gasteiger partial charge in [0.1, 0.15) is 0 Å². The van der Waals surface area contributed by atoms with Crippen LogP contribution in [0.25, 0.3) is 10.8 Å². The average Bonchev–Trinajstić information content (AvgIpc) is 2.71. The van der Waals surface area contributed by atoms with Crippen molar-refractivity contribution < 1.29 is 14.7 Å². The lowest BCUT2D eigenvalue weighted by Gasteiger charge is -2.31. The number of piperidine rings is 1. The molecule has 0 spiro atoms. The van der Waals surface area contributed by atoms with Gasteiger partial charge in [-0.1, -0.05) is 64.1 Å². The predicted octanol–water partition coefficient (Wildman–Crippen LogP) is 4.17. The molecule has 0 atom stereocenters. The maximum Gasteiger partial charge on any atom is 0.317 e. The molecule has 2 aromatic carbocycles. The summed E-state index contributed by atoms with van der Waals surface area (Å²) in [7, 11) is 0. The second-order valence-corrected chi connectivity index (χ2v) is 5.94. The highest BCUT2D eigenvalue weighted by Gasteiger charge is 2.22. The van der Waals surface area contributed by atoms with Crippen LogP contribution in [0, 0.1) is 0 Å². The monoisotopic (exact) mass is 372 g/mol. The van der Waals surface area contributed by atoms with Gasteiger partial charge in [-0.15, -0.1) is 0 Å². The second kappa shape index (κ2) is 12.1. The van der Waals surface area contributed by atoms with Crippen LogP contribution in [-0.4, -0.2) is 47.6 Å². The zero-order valence-corrected chi connectivity index (χ0v) is 16.9. The topological polar surface area (TPSA) is 69.6 Å². The van der Waals surface area contributed by atoms with Gasteiger partial charge >= 0.3 is 5.97 Å². The third kappa shape index (κ3) is 6.68. The number of carboxylic acid groups (broad SMARTS) is 1. The van der Waals surface area contributed by atoms with Gasteiger partial charge in [0, 0.05) is 24.7 Å². The van der Waals surface area contributed by atoms with Gasteiger partial charge in [-0.2, -0.15) is 0 Å². The number of rotatable bonds is 4. The molecule has 1 fully saturated rings. The van der Waals surface area contributed by atoms with Crippen LogP contribution in [0.4, 0.5) is 0 Å². The van der Waals surface area contributed by atoms with Crippen molar-refractivity contribution in [3.8, 4) is 0 Å². The van der Waals surface area contributed by atoms with Crippen LogP contribution in [-0.2, 0) is 4.79 Å². The zero-order chi connectivity index (χ0) is 20.2. The van der Waals surface area contributed by atoms with Crippen LogP contribution in [0.1, 0.15) is 50.9 Å². The summed E-state index contributed by atoms with van der Waals surface area (Å²) in [6, 6.07) is 13.7. The highest BCUT2D eigenvalue weighted by atomic mass is 16.4. The molecule has 1 aliphatic rings. The first kappa shape index (κ1) is 22.6. The van der Waals surface area contributed by atoms with Crippen LogP contribution in [0.3, 0.4) is 0 Å². The van der Waals surface area contributed by atoms with Gasteiger partial charge in [-0.05, 0) is 29.7 Å². The summed E-state index contributed by atoms with van der Waals surface area (Å²) in [6.07, 6.45) is 1.56. The third-order valence-corrected chi connectivity index (χ3v) is 4.32. The standard InChI is InChI=1S/C18H20N2O3.2C2H6/c21-17(22)12-20-10-8-14(9-11-20)19-18(23)16-7-3-5-13-4-1-2-6-15(13)16;2*1-2/h1-7,14H,8-12H2,(H,19,23)(H,21,22);2*1-2H3. The van der Waals surface area contributed by atoms with Gasteiger partial charge in [0.15, 0.2) is 0 Å². The lowest BCUT2D eigenvalue weighted by Crippen LogP contribution is -2.45. The molecule has 1 heterocycles. The van der Waals surface area contributed by atoms with Crippen molar-refractivity contribution in [2.24, 2.45) is 0 Å². The van der Waals surface area contributed by atoms with E-state index in [0.29, 0.717) is 18.7 Å². The van der Waals surface area contributed by atoms with E-state index in [-0.39, 0.29) is 18.5 Å². The first-order valence-corrected chi connectivity index (χ1v) is 9.86. The molecule has 5 heteroatoms. The molecule has 0 saturated carbocycles. The Labute approximate surface area is 162 Å². The Hall–Kier alpha value is -2.40. The number of aliphatic carboxylic acids is 1. The molecular weight excluding hydrogens is 340 g/mol. The van der Waals surface area contributed by atoms with Gasteiger partial charge in [0.25, 0.3) is 5.91 Å². The number of hydrogen-bond donors (Lipinski definition) is 2. The number of nitrogens with one attached hydrogen (secondary N) is 1. The molecule has 27 heavy (non-hydrogen) atoms. The fourth-order valence-corrected chi connectivity index (χ4v) is 3.11. The highest BCUT2D eigenvalue weighted by molar-refractivity contribution is 6.07. The van der Waals surface area contributed by atoms with E-state index in [1.165, 1.54) is 0 Å². The van der Waals surface area contributed by atoms with Crippen molar-refractivity contribution in [2.45, 2.75) is 46.6 Å². The van der Waals surface area contributed by atoms with Gasteiger partial charge < -0.3 is 10.4 Å². The molecular formula is C22H32N2O3. The van der Waals surface area contributed by atoms with Crippen molar-refractivity contribution in [1.29, 1.82) is 0 Å².